The van der Waals surface area contributed by atoms with E-state index in [0.29, 0.717) is 42.0 Å². The summed E-state index contributed by atoms with van der Waals surface area (Å²) in [5.74, 6) is -2.39. The summed E-state index contributed by atoms with van der Waals surface area (Å²) in [6.45, 7) is 2.53. The van der Waals surface area contributed by atoms with Crippen LogP contribution in [0.4, 0.5) is 5.69 Å². The molecule has 46 heavy (non-hydrogen) atoms. The highest BCUT2D eigenvalue weighted by Crippen LogP contribution is 2.69. The van der Waals surface area contributed by atoms with E-state index in [1.807, 2.05) is 31.2 Å². The van der Waals surface area contributed by atoms with Crippen LogP contribution in [0, 0.1) is 46.6 Å². The molecule has 13 heteroatoms. The van der Waals surface area contributed by atoms with Gasteiger partial charge in [-0.05, 0) is 61.1 Å². The van der Waals surface area contributed by atoms with Crippen LogP contribution in [-0.2, 0) is 21.0 Å². The average Bonchev–Trinajstić information content (AvgIpc) is 3.76. The first-order chi connectivity index (χ1) is 22.1. The molecule has 3 aromatic rings. The van der Waals surface area contributed by atoms with Gasteiger partial charge in [0.25, 0.3) is 5.69 Å². The van der Waals surface area contributed by atoms with Crippen LogP contribution in [0.25, 0.3) is 0 Å². The number of amides is 2. The molecule has 1 aromatic heterocycles. The molecule has 2 aliphatic heterocycles. The number of imide groups is 1. The number of aliphatic carboxylic acids is 1. The van der Waals surface area contributed by atoms with E-state index in [9.17, 15) is 29.3 Å². The van der Waals surface area contributed by atoms with Gasteiger partial charge in [-0.3, -0.25) is 34.2 Å². The summed E-state index contributed by atoms with van der Waals surface area (Å²) in [7, 11) is 0. The number of carbonyl (C=O) groups excluding carboxylic acids is 2. The second-order valence-electron chi connectivity index (χ2n) is 12.7. The third kappa shape index (κ3) is 5.13. The molecule has 2 saturated carbocycles. The number of carboxylic acid groups (broad SMARTS) is 1. The molecule has 2 aliphatic carbocycles. The number of aryl methyl sites for hydroxylation is 1. The number of nitrogens with zero attached hydrogens (tertiary/aromatic N) is 2. The van der Waals surface area contributed by atoms with Gasteiger partial charge in [-0.25, -0.2) is 0 Å². The number of aromatic nitrogens is 1. The molecule has 3 heterocycles. The van der Waals surface area contributed by atoms with Gasteiger partial charge < -0.3 is 14.8 Å². The number of hydrogen-bond donors (Lipinski definition) is 2. The van der Waals surface area contributed by atoms with Gasteiger partial charge in [0.1, 0.15) is 12.4 Å². The average molecular weight is 664 g/mol. The monoisotopic (exact) mass is 663 g/mol. The Morgan fingerprint density at radius 3 is 2.59 bits per heavy atom. The zero-order valence-corrected chi connectivity index (χ0v) is 26.7. The minimum atomic E-state index is -0.864. The van der Waals surface area contributed by atoms with Crippen LogP contribution < -0.4 is 9.61 Å². The Morgan fingerprint density at radius 2 is 1.85 bits per heavy atom. The first-order valence-corrected chi connectivity index (χ1v) is 17.3. The zero-order valence-electron chi connectivity index (χ0n) is 25.0. The number of fused-ring (bicyclic) bond motifs is 9. The number of ether oxygens (including phenoxy) is 1. The van der Waals surface area contributed by atoms with Crippen molar-refractivity contribution in [2.45, 2.75) is 61.8 Å². The SMILES string of the molecule is Cc1ccccc1COc1ccc([N+](=O)[O-])cc1[C@H]1c2sc(=O)[nH]c2SC2C3CC(C4C(=O)N(CCCCCC(=O)O)C(=O)C34)C21. The number of non-ortho nitro benzene ring substituents is 1. The maximum Gasteiger partial charge on any atom is 0.305 e. The molecule has 11 nitrogen and oxygen atoms in total. The van der Waals surface area contributed by atoms with Crippen molar-refractivity contribution in [1.82, 2.24) is 9.88 Å². The molecule has 1 saturated heterocycles. The molecule has 7 rings (SSSR count). The van der Waals surface area contributed by atoms with Crippen molar-refractivity contribution >= 4 is 46.6 Å². The van der Waals surface area contributed by atoms with Crippen molar-refractivity contribution in [3.63, 3.8) is 0 Å². The fraction of sp³-hybridized carbons (Fsp3) is 0.455. The summed E-state index contributed by atoms with van der Waals surface area (Å²) in [4.78, 5) is 67.7. The lowest BCUT2D eigenvalue weighted by Crippen LogP contribution is -2.42. The lowest BCUT2D eigenvalue weighted by atomic mass is 9.68. The number of rotatable bonds is 11. The predicted octanol–water partition coefficient (Wildman–Crippen LogP) is 5.35. The molecule has 2 aromatic carbocycles. The maximum atomic E-state index is 13.9. The number of aromatic amines is 1. The summed E-state index contributed by atoms with van der Waals surface area (Å²) in [5, 5.41) is 21.6. The van der Waals surface area contributed by atoms with Crippen molar-refractivity contribution < 1.29 is 29.2 Å². The third-order valence-corrected chi connectivity index (χ3v) is 12.9. The molecular formula is C33H33N3O8S2. The second-order valence-corrected chi connectivity index (χ2v) is 14.9. The van der Waals surface area contributed by atoms with Gasteiger partial charge in [-0.2, -0.15) is 0 Å². The number of unbranched alkanes of at least 4 members (excludes halogenated alkanes) is 2. The Balaban J connectivity index is 1.24. The number of hydrogen-bond acceptors (Lipinski definition) is 9. The first kappa shape index (κ1) is 30.7. The molecule has 2 amide bonds. The predicted molar refractivity (Wildman–Crippen MR) is 170 cm³/mol. The standard InChI is InChI=1S/C33H33N3O8S2/c1-16-7-4-5-8-17(16)15-44-22-11-10-18(36(42)43)13-19(22)24-25-20-14-21(28(25)45-30-29(24)46-33(41)34-30)27-26(20)31(39)35(32(27)40)12-6-2-3-9-23(37)38/h4-5,7-8,10-11,13,20-21,24-28H,2-3,6,9,12,14-15H2,1H3,(H,34,41)(H,37,38)/t20?,21?,24-,25?,26?,27?,28?/m1/s1. The number of thioether (sulfide) groups is 1. The number of benzene rings is 2. The summed E-state index contributed by atoms with van der Waals surface area (Å²) in [6.07, 6.45) is 2.41. The quantitative estimate of drug-likeness (QED) is 0.119. The van der Waals surface area contributed by atoms with Crippen LogP contribution in [0.3, 0.4) is 0 Å². The Labute approximate surface area is 272 Å². The highest BCUT2D eigenvalue weighted by atomic mass is 32.2. The van der Waals surface area contributed by atoms with Gasteiger partial charge in [0, 0.05) is 46.7 Å². The Kier molecular flexibility index (Phi) is 8.00. The molecule has 0 spiro atoms. The van der Waals surface area contributed by atoms with E-state index in [-0.39, 0.29) is 65.0 Å². The van der Waals surface area contributed by atoms with Crippen LogP contribution in [0.1, 0.15) is 59.6 Å². The van der Waals surface area contributed by atoms with E-state index in [1.165, 1.54) is 11.0 Å². The number of thiazole rings is 1. The zero-order chi connectivity index (χ0) is 32.3. The number of carbonyl (C=O) groups is 3. The lowest BCUT2D eigenvalue weighted by Gasteiger charge is -2.43. The Hall–Kier alpha value is -3.97. The molecular weight excluding hydrogens is 631 g/mol. The van der Waals surface area contributed by atoms with Crippen LogP contribution in [0.2, 0.25) is 0 Å². The van der Waals surface area contributed by atoms with Gasteiger partial charge in [0.15, 0.2) is 0 Å². The molecule has 4 aliphatic rings. The van der Waals surface area contributed by atoms with Crippen LogP contribution in [0.5, 0.6) is 5.75 Å². The van der Waals surface area contributed by atoms with Crippen LogP contribution in [-0.4, -0.2) is 49.5 Å². The number of H-pyrrole nitrogens is 1. The van der Waals surface area contributed by atoms with Crippen molar-refractivity contribution in [2.75, 3.05) is 6.54 Å². The maximum absolute atomic E-state index is 13.9. The van der Waals surface area contributed by atoms with Gasteiger partial charge in [0.2, 0.25) is 11.8 Å². The summed E-state index contributed by atoms with van der Waals surface area (Å²) >= 11 is 2.65. The van der Waals surface area contributed by atoms with Crippen molar-refractivity contribution in [1.29, 1.82) is 0 Å². The number of nitro groups is 1. The Bertz CT molecular complexity index is 1800. The lowest BCUT2D eigenvalue weighted by molar-refractivity contribution is -0.385. The molecule has 6 unspecified atom stereocenters. The van der Waals surface area contributed by atoms with E-state index >= 15 is 0 Å². The fourth-order valence-electron chi connectivity index (χ4n) is 8.32. The minimum Gasteiger partial charge on any atom is -0.489 e. The van der Waals surface area contributed by atoms with E-state index < -0.39 is 28.6 Å². The minimum absolute atomic E-state index is 0.0553. The van der Waals surface area contributed by atoms with Gasteiger partial charge in [0.05, 0.1) is 21.8 Å². The van der Waals surface area contributed by atoms with Gasteiger partial charge in [-0.15, -0.1) is 11.8 Å². The van der Waals surface area contributed by atoms with E-state index in [4.69, 9.17) is 9.84 Å². The highest BCUT2D eigenvalue weighted by Gasteiger charge is 2.69. The molecule has 2 N–H and O–H groups in total. The fourth-order valence-corrected chi connectivity index (χ4v) is 11.2. The first-order valence-electron chi connectivity index (χ1n) is 15.6. The molecule has 240 valence electrons. The molecule has 7 atom stereocenters. The normalized spacial score (nSPS) is 27.4. The van der Waals surface area contributed by atoms with E-state index in [2.05, 4.69) is 4.98 Å². The third-order valence-electron chi connectivity index (χ3n) is 10.3. The summed E-state index contributed by atoms with van der Waals surface area (Å²) in [5.41, 5.74) is 2.57. The second kappa shape index (κ2) is 12.0. The van der Waals surface area contributed by atoms with Gasteiger partial charge >= 0.3 is 10.8 Å². The number of nitrogens with one attached hydrogen (secondary N) is 1. The number of nitro benzene ring substituents is 1. The van der Waals surface area contributed by atoms with Crippen molar-refractivity contribution in [2.24, 2.45) is 29.6 Å². The van der Waals surface area contributed by atoms with E-state index in [1.54, 1.807) is 23.9 Å². The summed E-state index contributed by atoms with van der Waals surface area (Å²) in [6, 6.07) is 12.4. The van der Waals surface area contributed by atoms with E-state index in [0.717, 1.165) is 27.3 Å². The number of carboxylic acids is 1. The van der Waals surface area contributed by atoms with Crippen LogP contribution >= 0.6 is 23.1 Å². The number of likely N-dealkylation sites (tertiary alicyclic amines) is 1. The van der Waals surface area contributed by atoms with Crippen LogP contribution in [0.15, 0.2) is 52.3 Å². The molecule has 2 bridgehead atoms. The molecule has 0 radical (unpaired) electrons. The highest BCUT2D eigenvalue weighted by molar-refractivity contribution is 8.00. The van der Waals surface area contributed by atoms with Gasteiger partial charge in [-0.1, -0.05) is 42.0 Å². The smallest absolute Gasteiger partial charge is 0.305 e. The Morgan fingerprint density at radius 1 is 1.09 bits per heavy atom. The topological polar surface area (TPSA) is 160 Å². The summed E-state index contributed by atoms with van der Waals surface area (Å²) < 4.78 is 6.38. The largest absolute Gasteiger partial charge is 0.489 e. The van der Waals surface area contributed by atoms with Crippen molar-refractivity contribution in [3.05, 3.63) is 83.8 Å². The van der Waals surface area contributed by atoms with Crippen molar-refractivity contribution in [3.8, 4) is 5.75 Å². The molecule has 3 fully saturated rings.